The molecule has 1 atom stereocenters. The molecule has 3 heterocycles. The second-order valence-electron chi connectivity index (χ2n) is 7.07. The average molecular weight is 466 g/mol. The smallest absolute Gasteiger partial charge is 0.301 e. The average Bonchev–Trinajstić information content (AvgIpc) is 3.32. The largest absolute Gasteiger partial charge is 0.507 e. The predicted octanol–water partition coefficient (Wildman–Crippen LogP) is 5.11. The van der Waals surface area contributed by atoms with Gasteiger partial charge in [0.1, 0.15) is 11.6 Å². The first-order valence-electron chi connectivity index (χ1n) is 9.47. The van der Waals surface area contributed by atoms with E-state index in [0.717, 1.165) is 11.3 Å². The molecule has 0 spiro atoms. The Balaban J connectivity index is 1.73. The molecule has 0 radical (unpaired) electrons. The van der Waals surface area contributed by atoms with Gasteiger partial charge in [0, 0.05) is 23.0 Å². The number of thiazole rings is 1. The number of Topliss-reactive ketones (excluding diaryl/α,β-unsaturated/α-hetero) is 1. The Morgan fingerprint density at radius 2 is 1.91 bits per heavy atom. The van der Waals surface area contributed by atoms with Crippen LogP contribution in [0.2, 0.25) is 5.02 Å². The van der Waals surface area contributed by atoms with Crippen LogP contribution in [0.25, 0.3) is 16.0 Å². The number of anilines is 1. The molecular weight excluding hydrogens is 453 g/mol. The van der Waals surface area contributed by atoms with Crippen LogP contribution in [0.1, 0.15) is 17.2 Å². The minimum Gasteiger partial charge on any atom is -0.507 e. The van der Waals surface area contributed by atoms with Crippen molar-refractivity contribution in [2.45, 2.75) is 6.04 Å². The number of rotatable bonds is 3. The van der Waals surface area contributed by atoms with Gasteiger partial charge in [-0.2, -0.15) is 0 Å². The van der Waals surface area contributed by atoms with E-state index in [4.69, 9.17) is 11.6 Å². The van der Waals surface area contributed by atoms with Crippen LogP contribution in [-0.4, -0.2) is 26.8 Å². The van der Waals surface area contributed by atoms with Gasteiger partial charge in [0.15, 0.2) is 5.13 Å². The van der Waals surface area contributed by atoms with Gasteiger partial charge >= 0.3 is 5.91 Å². The summed E-state index contributed by atoms with van der Waals surface area (Å²) in [5, 5.41) is 11.7. The molecule has 1 aliphatic rings. The molecule has 2 aromatic heterocycles. The number of hydrogen-bond acceptors (Lipinski definition) is 6. The number of amides is 1. The van der Waals surface area contributed by atoms with Gasteiger partial charge in [0.05, 0.1) is 21.8 Å². The lowest BCUT2D eigenvalue weighted by Crippen LogP contribution is -2.29. The fraction of sp³-hybridized carbons (Fsp3) is 0.0435. The maximum atomic E-state index is 13.7. The quantitative estimate of drug-likeness (QED) is 0.258. The highest BCUT2D eigenvalue weighted by molar-refractivity contribution is 7.22. The zero-order chi connectivity index (χ0) is 22.4. The second kappa shape index (κ2) is 7.81. The first-order chi connectivity index (χ1) is 15.4. The Morgan fingerprint density at radius 1 is 1.12 bits per heavy atom. The van der Waals surface area contributed by atoms with Crippen molar-refractivity contribution in [2.75, 3.05) is 4.90 Å². The van der Waals surface area contributed by atoms with Gasteiger partial charge in [-0.1, -0.05) is 35.1 Å². The Bertz CT molecular complexity index is 1400. The number of aromatic nitrogens is 2. The molecule has 0 saturated carbocycles. The lowest BCUT2D eigenvalue weighted by atomic mass is 9.96. The van der Waals surface area contributed by atoms with Crippen molar-refractivity contribution < 1.29 is 19.1 Å². The van der Waals surface area contributed by atoms with Crippen molar-refractivity contribution in [3.05, 3.63) is 94.5 Å². The molecule has 6 nitrogen and oxygen atoms in total. The highest BCUT2D eigenvalue weighted by Gasteiger charge is 2.48. The fourth-order valence-corrected chi connectivity index (χ4v) is 4.78. The summed E-state index contributed by atoms with van der Waals surface area (Å²) in [6.07, 6.45) is 2.94. The van der Waals surface area contributed by atoms with E-state index in [2.05, 4.69) is 9.97 Å². The summed E-state index contributed by atoms with van der Waals surface area (Å²) >= 11 is 7.11. The van der Waals surface area contributed by atoms with E-state index >= 15 is 0 Å². The summed E-state index contributed by atoms with van der Waals surface area (Å²) in [5.41, 5.74) is 1.27. The normalized spacial score (nSPS) is 17.9. The summed E-state index contributed by atoms with van der Waals surface area (Å²) < 4.78 is 14.2. The number of aliphatic hydroxyl groups is 1. The molecule has 158 valence electrons. The number of aliphatic hydroxyl groups excluding tert-OH is 1. The van der Waals surface area contributed by atoms with Gasteiger partial charge < -0.3 is 5.11 Å². The Kier molecular flexibility index (Phi) is 4.96. The summed E-state index contributed by atoms with van der Waals surface area (Å²) in [5.74, 6) is -2.46. The van der Waals surface area contributed by atoms with E-state index in [1.807, 2.05) is 0 Å². The van der Waals surface area contributed by atoms with Crippen LogP contribution in [0, 0.1) is 5.82 Å². The zero-order valence-electron chi connectivity index (χ0n) is 16.2. The zero-order valence-corrected chi connectivity index (χ0v) is 17.8. The predicted molar refractivity (Wildman–Crippen MR) is 120 cm³/mol. The molecule has 4 aromatic rings. The van der Waals surface area contributed by atoms with Gasteiger partial charge in [-0.25, -0.2) is 9.37 Å². The molecule has 1 N–H and O–H groups in total. The third-order valence-corrected chi connectivity index (χ3v) is 6.38. The topological polar surface area (TPSA) is 83.4 Å². The fourth-order valence-electron chi connectivity index (χ4n) is 3.64. The van der Waals surface area contributed by atoms with E-state index in [0.29, 0.717) is 26.4 Å². The number of ketones is 1. The van der Waals surface area contributed by atoms with Crippen molar-refractivity contribution >= 4 is 55.7 Å². The minimum absolute atomic E-state index is 0.0873. The molecule has 1 unspecified atom stereocenters. The van der Waals surface area contributed by atoms with Crippen LogP contribution in [0.4, 0.5) is 9.52 Å². The third kappa shape index (κ3) is 3.34. The second-order valence-corrected chi connectivity index (χ2v) is 8.52. The minimum atomic E-state index is -0.946. The van der Waals surface area contributed by atoms with Crippen molar-refractivity contribution in [2.24, 2.45) is 0 Å². The van der Waals surface area contributed by atoms with Crippen LogP contribution in [0.15, 0.2) is 72.6 Å². The number of nitrogens with zero attached hydrogens (tertiary/aromatic N) is 3. The Hall–Kier alpha value is -3.62. The van der Waals surface area contributed by atoms with Gasteiger partial charge in [-0.05, 0) is 48.0 Å². The molecule has 2 aromatic carbocycles. The third-order valence-electron chi connectivity index (χ3n) is 5.11. The standard InChI is InChI=1S/C23H13ClFN3O3S/c24-14-5-3-12(4-6-14)19-18(20(29)13-2-1-9-26-11-13)21(30)22(31)28(19)23-27-16-8-7-15(25)10-17(16)32-23/h1-11,19,29H. The molecule has 1 saturated heterocycles. The lowest BCUT2D eigenvalue weighted by molar-refractivity contribution is -0.132. The van der Waals surface area contributed by atoms with Crippen LogP contribution >= 0.6 is 22.9 Å². The number of pyridine rings is 1. The van der Waals surface area contributed by atoms with E-state index in [-0.39, 0.29) is 16.5 Å². The number of hydrogen-bond donors (Lipinski definition) is 1. The molecule has 5 rings (SSSR count). The Morgan fingerprint density at radius 3 is 2.62 bits per heavy atom. The summed E-state index contributed by atoms with van der Waals surface area (Å²) in [7, 11) is 0. The maximum absolute atomic E-state index is 13.7. The number of halogens is 2. The SMILES string of the molecule is O=C1C(=O)N(c2nc3ccc(F)cc3s2)C(c2ccc(Cl)cc2)C1=C(O)c1cccnc1. The van der Waals surface area contributed by atoms with Crippen molar-refractivity contribution in [3.63, 3.8) is 0 Å². The van der Waals surface area contributed by atoms with Crippen molar-refractivity contribution in [1.29, 1.82) is 0 Å². The molecule has 9 heteroatoms. The number of benzene rings is 2. The van der Waals surface area contributed by atoms with Crippen LogP contribution in [-0.2, 0) is 9.59 Å². The molecule has 0 bridgehead atoms. The van der Waals surface area contributed by atoms with Gasteiger partial charge in [0.2, 0.25) is 0 Å². The van der Waals surface area contributed by atoms with Crippen molar-refractivity contribution in [1.82, 2.24) is 9.97 Å². The lowest BCUT2D eigenvalue weighted by Gasteiger charge is -2.23. The molecule has 0 aliphatic carbocycles. The molecular formula is C23H13ClFN3O3S. The Labute approximate surface area is 190 Å². The molecule has 1 amide bonds. The van der Waals surface area contributed by atoms with Gasteiger partial charge in [-0.15, -0.1) is 0 Å². The van der Waals surface area contributed by atoms with E-state index in [9.17, 15) is 19.1 Å². The molecule has 32 heavy (non-hydrogen) atoms. The molecule has 1 aliphatic heterocycles. The van der Waals surface area contributed by atoms with Crippen LogP contribution in [0.3, 0.4) is 0 Å². The van der Waals surface area contributed by atoms with Crippen LogP contribution in [0.5, 0.6) is 0 Å². The number of carbonyl (C=O) groups excluding carboxylic acids is 2. The summed E-state index contributed by atoms with van der Waals surface area (Å²) in [4.78, 5) is 35.9. The van der Waals surface area contributed by atoms with E-state index in [1.165, 1.54) is 35.5 Å². The van der Waals surface area contributed by atoms with E-state index < -0.39 is 23.5 Å². The van der Waals surface area contributed by atoms with Gasteiger partial charge in [-0.3, -0.25) is 19.5 Å². The van der Waals surface area contributed by atoms with Crippen LogP contribution < -0.4 is 4.90 Å². The summed E-state index contributed by atoms with van der Waals surface area (Å²) in [6.45, 7) is 0. The monoisotopic (exact) mass is 465 g/mol. The number of carbonyl (C=O) groups is 2. The first kappa shape index (κ1) is 20.3. The highest BCUT2D eigenvalue weighted by Crippen LogP contribution is 2.44. The first-order valence-corrected chi connectivity index (χ1v) is 10.7. The molecule has 1 fully saturated rings. The highest BCUT2D eigenvalue weighted by atomic mass is 35.5. The van der Waals surface area contributed by atoms with Crippen molar-refractivity contribution in [3.8, 4) is 0 Å². The maximum Gasteiger partial charge on any atom is 0.301 e. The summed E-state index contributed by atoms with van der Waals surface area (Å²) in [6, 6.07) is 13.0. The van der Waals surface area contributed by atoms with E-state index in [1.54, 1.807) is 36.4 Å². The van der Waals surface area contributed by atoms with Gasteiger partial charge in [0.25, 0.3) is 5.78 Å². The number of fused-ring (bicyclic) bond motifs is 1.